The first-order chi connectivity index (χ1) is 19.4. The van der Waals surface area contributed by atoms with Crippen LogP contribution in [0.25, 0.3) is 0 Å². The predicted octanol–water partition coefficient (Wildman–Crippen LogP) is 7.86. The van der Waals surface area contributed by atoms with Gasteiger partial charge in [-0.25, -0.2) is 13.1 Å². The van der Waals surface area contributed by atoms with Crippen LogP contribution in [0, 0.1) is 50.2 Å². The number of benzene rings is 1. The summed E-state index contributed by atoms with van der Waals surface area (Å²) in [5.41, 5.74) is 0.621. The van der Waals surface area contributed by atoms with E-state index in [9.17, 15) is 18.0 Å². The Bertz CT molecular complexity index is 1440. The topological polar surface area (TPSA) is 80.3 Å². The maximum absolute atomic E-state index is 14.3. The van der Waals surface area contributed by atoms with Crippen LogP contribution < -0.4 is 4.72 Å². The summed E-state index contributed by atoms with van der Waals surface area (Å²) in [5, 5.41) is 0. The number of rotatable bonds is 3. The fourth-order valence-corrected chi connectivity index (χ4v) is 12.4. The molecule has 42 heavy (non-hydrogen) atoms. The Morgan fingerprint density at radius 2 is 1.52 bits per heavy atom. The number of sulfonamides is 1. The van der Waals surface area contributed by atoms with E-state index >= 15 is 0 Å². The number of amides is 1. The maximum atomic E-state index is 14.3. The van der Waals surface area contributed by atoms with Crippen molar-refractivity contribution >= 4 is 21.7 Å². The maximum Gasteiger partial charge on any atom is 0.264 e. The Hall–Kier alpha value is -1.95. The number of Topliss-reactive ketones (excluding diaryl/α,β-unsaturated/α-hetero) is 1. The van der Waals surface area contributed by atoms with E-state index in [1.807, 2.05) is 0 Å². The van der Waals surface area contributed by atoms with Crippen molar-refractivity contribution in [1.29, 1.82) is 0 Å². The SMILES string of the molecule is CC1(C)CC[C@]2(C(=O)NS(=O)(=O)c3ccccc3)CC[C@]3(C)C(=CC[C@@H]4[C@@]5(C)CCC(=O)C(C)(C)[C@@H]5CC[C@]43C)[C@@H]2C1. The normalized spacial score (nSPS) is 42.2. The van der Waals surface area contributed by atoms with Gasteiger partial charge in [0.1, 0.15) is 5.78 Å². The second-order valence-electron chi connectivity index (χ2n) is 16.8. The molecule has 0 aromatic heterocycles. The molecule has 0 bridgehead atoms. The average molecular weight is 594 g/mol. The fraction of sp³-hybridized carbons (Fsp3) is 0.722. The van der Waals surface area contributed by atoms with Crippen molar-refractivity contribution < 1.29 is 18.0 Å². The highest BCUT2D eigenvalue weighted by Gasteiger charge is 2.69. The molecule has 0 radical (unpaired) electrons. The van der Waals surface area contributed by atoms with Gasteiger partial charge >= 0.3 is 0 Å². The third-order valence-electron chi connectivity index (χ3n) is 14.1. The fourth-order valence-electron chi connectivity index (χ4n) is 11.3. The quantitative estimate of drug-likeness (QED) is 0.362. The molecule has 5 aliphatic rings. The van der Waals surface area contributed by atoms with Crippen molar-refractivity contribution in [3.05, 3.63) is 42.0 Å². The van der Waals surface area contributed by atoms with Crippen LogP contribution in [-0.2, 0) is 19.6 Å². The Morgan fingerprint density at radius 1 is 0.857 bits per heavy atom. The first-order valence-electron chi connectivity index (χ1n) is 16.3. The molecule has 6 rings (SSSR count). The van der Waals surface area contributed by atoms with Crippen LogP contribution in [0.2, 0.25) is 0 Å². The molecule has 1 amide bonds. The minimum absolute atomic E-state index is 0.0265. The lowest BCUT2D eigenvalue weighted by Gasteiger charge is -2.70. The number of nitrogens with one attached hydrogen (secondary N) is 1. The van der Waals surface area contributed by atoms with E-state index in [-0.39, 0.29) is 43.8 Å². The molecular formula is C36H51NO4S. The van der Waals surface area contributed by atoms with Crippen LogP contribution in [-0.4, -0.2) is 20.1 Å². The van der Waals surface area contributed by atoms with E-state index < -0.39 is 15.4 Å². The van der Waals surface area contributed by atoms with Gasteiger partial charge in [0.15, 0.2) is 0 Å². The standard InChI is InChI=1S/C36H51NO4S/c1-31(2)19-21-36(30(39)37-42(40,41)24-11-9-8-10-12-24)22-20-34(6)25(26(36)23-31)13-14-28-33(5)17-16-29(38)32(3,4)27(33)15-18-35(28,34)7/h8-13,26-28H,14-23H2,1-7H3,(H,37,39)/t26-,27-,28+,33-,34+,35+,36-/m0/s1. The summed E-state index contributed by atoms with van der Waals surface area (Å²) < 4.78 is 29.2. The molecule has 0 spiro atoms. The van der Waals surface area contributed by atoms with E-state index in [4.69, 9.17) is 0 Å². The zero-order chi connectivity index (χ0) is 30.6. The van der Waals surface area contributed by atoms with Gasteiger partial charge in [-0.15, -0.1) is 0 Å². The summed E-state index contributed by atoms with van der Waals surface area (Å²) in [6, 6.07) is 8.27. The molecule has 1 aromatic carbocycles. The lowest BCUT2D eigenvalue weighted by molar-refractivity contribution is -0.185. The number of hydrogen-bond donors (Lipinski definition) is 1. The molecule has 230 valence electrons. The zero-order valence-corrected chi connectivity index (χ0v) is 27.6. The van der Waals surface area contributed by atoms with Gasteiger partial charge < -0.3 is 0 Å². The van der Waals surface area contributed by atoms with E-state index in [2.05, 4.69) is 59.3 Å². The molecular weight excluding hydrogens is 542 g/mol. The van der Waals surface area contributed by atoms with Gasteiger partial charge in [-0.3, -0.25) is 9.59 Å². The van der Waals surface area contributed by atoms with Crippen molar-refractivity contribution in [2.45, 2.75) is 118 Å². The summed E-state index contributed by atoms with van der Waals surface area (Å²) in [6.07, 6.45) is 11.4. The van der Waals surface area contributed by atoms with E-state index in [0.29, 0.717) is 36.9 Å². The monoisotopic (exact) mass is 593 g/mol. The second kappa shape index (κ2) is 9.28. The highest BCUT2D eigenvalue weighted by atomic mass is 32.2. The van der Waals surface area contributed by atoms with Gasteiger partial charge in [-0.05, 0) is 109 Å². The first-order valence-corrected chi connectivity index (χ1v) is 17.8. The predicted molar refractivity (Wildman–Crippen MR) is 166 cm³/mol. The summed E-state index contributed by atoms with van der Waals surface area (Å²) >= 11 is 0. The second-order valence-corrected chi connectivity index (χ2v) is 18.4. The number of allylic oxidation sites excluding steroid dienone is 2. The lowest BCUT2D eigenvalue weighted by atomic mass is 9.33. The minimum Gasteiger partial charge on any atom is -0.299 e. The molecule has 4 saturated carbocycles. The minimum atomic E-state index is -3.95. The van der Waals surface area contributed by atoms with Crippen LogP contribution in [0.5, 0.6) is 0 Å². The Balaban J connectivity index is 1.40. The number of carbonyl (C=O) groups excluding carboxylic acids is 2. The molecule has 6 heteroatoms. The summed E-state index contributed by atoms with van der Waals surface area (Å²) in [6.45, 7) is 16.5. The lowest BCUT2D eigenvalue weighted by Crippen LogP contribution is -2.65. The van der Waals surface area contributed by atoms with Gasteiger partial charge in [0, 0.05) is 11.8 Å². The van der Waals surface area contributed by atoms with Crippen LogP contribution in [0.4, 0.5) is 0 Å². The Morgan fingerprint density at radius 3 is 2.21 bits per heavy atom. The van der Waals surface area contributed by atoms with Gasteiger partial charge in [-0.2, -0.15) is 0 Å². The molecule has 0 aliphatic heterocycles. The third-order valence-corrected chi connectivity index (χ3v) is 15.5. The van der Waals surface area contributed by atoms with Crippen molar-refractivity contribution in [3.63, 3.8) is 0 Å². The number of fused-ring (bicyclic) bond motifs is 7. The summed E-state index contributed by atoms with van der Waals surface area (Å²) in [5.74, 6) is 1.02. The molecule has 5 aliphatic carbocycles. The van der Waals surface area contributed by atoms with Crippen LogP contribution in [0.3, 0.4) is 0 Å². The molecule has 0 heterocycles. The van der Waals surface area contributed by atoms with E-state index in [0.717, 1.165) is 44.9 Å². The van der Waals surface area contributed by atoms with Crippen molar-refractivity contribution in [3.8, 4) is 0 Å². The van der Waals surface area contributed by atoms with E-state index in [1.165, 1.54) is 5.57 Å². The third kappa shape index (κ3) is 4.02. The number of ketones is 1. The summed E-state index contributed by atoms with van der Waals surface area (Å²) in [7, 11) is -3.95. The van der Waals surface area contributed by atoms with Crippen LogP contribution in [0.1, 0.15) is 113 Å². The molecule has 5 nitrogen and oxygen atoms in total. The number of carbonyl (C=O) groups is 2. The molecule has 0 saturated heterocycles. The van der Waals surface area contributed by atoms with Crippen molar-refractivity contribution in [1.82, 2.24) is 4.72 Å². The molecule has 4 fully saturated rings. The van der Waals surface area contributed by atoms with Crippen LogP contribution >= 0.6 is 0 Å². The molecule has 0 unspecified atom stereocenters. The number of hydrogen-bond acceptors (Lipinski definition) is 4. The van der Waals surface area contributed by atoms with Crippen LogP contribution in [0.15, 0.2) is 46.9 Å². The van der Waals surface area contributed by atoms with Gasteiger partial charge in [0.25, 0.3) is 10.0 Å². The highest BCUT2D eigenvalue weighted by Crippen LogP contribution is 2.75. The van der Waals surface area contributed by atoms with E-state index in [1.54, 1.807) is 30.3 Å². The Labute approximate surface area is 253 Å². The molecule has 1 aromatic rings. The van der Waals surface area contributed by atoms with Gasteiger partial charge in [-0.1, -0.05) is 78.3 Å². The van der Waals surface area contributed by atoms with Crippen molar-refractivity contribution in [2.24, 2.45) is 50.2 Å². The first kappa shape index (κ1) is 30.1. The molecule has 1 N–H and O–H groups in total. The smallest absolute Gasteiger partial charge is 0.264 e. The highest BCUT2D eigenvalue weighted by molar-refractivity contribution is 7.90. The van der Waals surface area contributed by atoms with Crippen molar-refractivity contribution in [2.75, 3.05) is 0 Å². The Kier molecular flexibility index (Phi) is 6.65. The van der Waals surface area contributed by atoms with Gasteiger partial charge in [0.05, 0.1) is 10.3 Å². The molecule has 7 atom stereocenters. The van der Waals surface area contributed by atoms with Gasteiger partial charge in [0.2, 0.25) is 5.91 Å². The average Bonchev–Trinajstić information content (AvgIpc) is 2.91. The largest absolute Gasteiger partial charge is 0.299 e. The summed E-state index contributed by atoms with van der Waals surface area (Å²) in [4.78, 5) is 27.5. The zero-order valence-electron chi connectivity index (χ0n) is 26.8.